The van der Waals surface area contributed by atoms with Crippen LogP contribution in [0.3, 0.4) is 0 Å². The first-order valence-electron chi connectivity index (χ1n) is 10.6. The molecule has 27 heavy (non-hydrogen) atoms. The molecule has 0 spiro atoms. The highest BCUT2D eigenvalue weighted by Gasteiger charge is 2.19. The van der Waals surface area contributed by atoms with Crippen LogP contribution in [0.4, 0.5) is 0 Å². The Morgan fingerprint density at radius 1 is 1.22 bits per heavy atom. The highest BCUT2D eigenvalue weighted by molar-refractivity contribution is 5.80. The second-order valence-corrected chi connectivity index (χ2v) is 7.16. The van der Waals surface area contributed by atoms with Gasteiger partial charge in [-0.1, -0.05) is 26.3 Å². The Hall–Kier alpha value is -1.82. The molecule has 6 nitrogen and oxygen atoms in total. The molecular weight excluding hydrogens is 338 g/mol. The fourth-order valence-electron chi connectivity index (χ4n) is 3.16. The molecule has 0 unspecified atom stereocenters. The van der Waals surface area contributed by atoms with Crippen LogP contribution in [0, 0.1) is 0 Å². The van der Waals surface area contributed by atoms with Gasteiger partial charge in [-0.25, -0.2) is 9.98 Å². The Labute approximate surface area is 164 Å². The maximum Gasteiger partial charge on any atom is 0.213 e. The number of guanidine groups is 1. The van der Waals surface area contributed by atoms with E-state index in [9.17, 15) is 0 Å². The second-order valence-electron chi connectivity index (χ2n) is 7.16. The van der Waals surface area contributed by atoms with Crippen LogP contribution in [0.25, 0.3) is 0 Å². The SMILES string of the molecule is CCCCN1CCC(NC(=NCc2ccc(OCCC)nc2)NCC)CC1. The summed E-state index contributed by atoms with van der Waals surface area (Å²) >= 11 is 0. The number of nitrogens with zero attached hydrogens (tertiary/aromatic N) is 3. The lowest BCUT2D eigenvalue weighted by molar-refractivity contribution is 0.203. The molecule has 2 rings (SSSR count). The molecule has 2 N–H and O–H groups in total. The minimum absolute atomic E-state index is 0.503. The number of pyridine rings is 1. The van der Waals surface area contributed by atoms with Crippen LogP contribution >= 0.6 is 0 Å². The maximum atomic E-state index is 5.53. The zero-order valence-electron chi connectivity index (χ0n) is 17.3. The second kappa shape index (κ2) is 12.5. The molecule has 1 fully saturated rings. The minimum Gasteiger partial charge on any atom is -0.478 e. The van der Waals surface area contributed by atoms with Gasteiger partial charge in [0.15, 0.2) is 5.96 Å². The van der Waals surface area contributed by atoms with Crippen LogP contribution in [0.15, 0.2) is 23.3 Å². The average molecular weight is 376 g/mol. The first-order chi connectivity index (χ1) is 13.2. The molecule has 0 atom stereocenters. The Bertz CT molecular complexity index is 538. The van der Waals surface area contributed by atoms with E-state index in [-0.39, 0.29) is 0 Å². The van der Waals surface area contributed by atoms with E-state index in [1.165, 1.54) is 45.3 Å². The molecule has 1 aliphatic heterocycles. The van der Waals surface area contributed by atoms with Gasteiger partial charge in [0, 0.05) is 37.9 Å². The summed E-state index contributed by atoms with van der Waals surface area (Å²) in [5.74, 6) is 1.58. The quantitative estimate of drug-likeness (QED) is 0.486. The van der Waals surface area contributed by atoms with E-state index >= 15 is 0 Å². The summed E-state index contributed by atoms with van der Waals surface area (Å²) in [6, 6.07) is 4.47. The molecule has 0 radical (unpaired) electrons. The fraction of sp³-hybridized carbons (Fsp3) is 0.714. The van der Waals surface area contributed by atoms with Crippen molar-refractivity contribution in [2.45, 2.75) is 65.5 Å². The van der Waals surface area contributed by atoms with E-state index < -0.39 is 0 Å². The van der Waals surface area contributed by atoms with Crippen molar-refractivity contribution >= 4 is 5.96 Å². The average Bonchev–Trinajstić information content (AvgIpc) is 2.71. The molecule has 0 saturated carbocycles. The van der Waals surface area contributed by atoms with E-state index in [1.807, 2.05) is 18.3 Å². The van der Waals surface area contributed by atoms with Crippen molar-refractivity contribution in [2.24, 2.45) is 4.99 Å². The molecule has 0 amide bonds. The number of rotatable bonds is 10. The third kappa shape index (κ3) is 8.16. The van der Waals surface area contributed by atoms with E-state index in [0.29, 0.717) is 25.1 Å². The van der Waals surface area contributed by atoms with Crippen molar-refractivity contribution in [3.8, 4) is 5.88 Å². The standard InChI is InChI=1S/C21H37N5O/c1-4-7-12-26-13-10-19(11-14-26)25-21(22-6-3)24-17-18-8-9-20(23-16-18)27-15-5-2/h8-9,16,19H,4-7,10-15,17H2,1-3H3,(H2,22,24,25). The van der Waals surface area contributed by atoms with Crippen molar-refractivity contribution in [1.29, 1.82) is 0 Å². The Kier molecular flexibility index (Phi) is 9.98. The molecule has 1 aromatic heterocycles. The summed E-state index contributed by atoms with van der Waals surface area (Å²) in [6.45, 7) is 12.2. The van der Waals surface area contributed by atoms with Crippen LogP contribution in [0.5, 0.6) is 5.88 Å². The highest BCUT2D eigenvalue weighted by Crippen LogP contribution is 2.12. The third-order valence-electron chi connectivity index (χ3n) is 4.77. The van der Waals surface area contributed by atoms with E-state index in [1.54, 1.807) is 0 Å². The van der Waals surface area contributed by atoms with Gasteiger partial charge in [-0.3, -0.25) is 0 Å². The normalized spacial score (nSPS) is 16.3. The van der Waals surface area contributed by atoms with Crippen molar-refractivity contribution in [3.63, 3.8) is 0 Å². The van der Waals surface area contributed by atoms with E-state index in [0.717, 1.165) is 24.5 Å². The number of unbranched alkanes of at least 4 members (excludes halogenated alkanes) is 1. The number of ether oxygens (including phenoxy) is 1. The van der Waals surface area contributed by atoms with Crippen LogP contribution in [-0.2, 0) is 6.54 Å². The number of piperidine rings is 1. The smallest absolute Gasteiger partial charge is 0.213 e. The summed E-state index contributed by atoms with van der Waals surface area (Å²) < 4.78 is 5.53. The molecule has 1 aromatic rings. The molecule has 2 heterocycles. The summed E-state index contributed by atoms with van der Waals surface area (Å²) in [4.78, 5) is 11.7. The summed E-state index contributed by atoms with van der Waals surface area (Å²) in [6.07, 6.45) is 7.78. The number of likely N-dealkylation sites (tertiary alicyclic amines) is 1. The largest absolute Gasteiger partial charge is 0.478 e. The molecule has 0 aliphatic carbocycles. The molecular formula is C21H37N5O. The van der Waals surface area contributed by atoms with Crippen LogP contribution in [-0.4, -0.2) is 54.7 Å². The zero-order chi connectivity index (χ0) is 19.3. The van der Waals surface area contributed by atoms with Crippen LogP contribution in [0.1, 0.15) is 58.4 Å². The van der Waals surface area contributed by atoms with Gasteiger partial charge in [-0.05, 0) is 44.7 Å². The Balaban J connectivity index is 1.81. The van der Waals surface area contributed by atoms with Crippen molar-refractivity contribution < 1.29 is 4.74 Å². The van der Waals surface area contributed by atoms with Crippen molar-refractivity contribution in [3.05, 3.63) is 23.9 Å². The topological polar surface area (TPSA) is 61.8 Å². The molecule has 0 aromatic carbocycles. The molecule has 6 heteroatoms. The van der Waals surface area contributed by atoms with Gasteiger partial charge in [0.25, 0.3) is 0 Å². The fourth-order valence-corrected chi connectivity index (χ4v) is 3.16. The lowest BCUT2D eigenvalue weighted by Crippen LogP contribution is -2.48. The monoisotopic (exact) mass is 375 g/mol. The van der Waals surface area contributed by atoms with E-state index in [4.69, 9.17) is 9.73 Å². The van der Waals surface area contributed by atoms with Crippen molar-refractivity contribution in [1.82, 2.24) is 20.5 Å². The number of nitrogens with one attached hydrogen (secondary N) is 2. The van der Waals surface area contributed by atoms with Gasteiger partial charge < -0.3 is 20.3 Å². The summed E-state index contributed by atoms with van der Waals surface area (Å²) in [7, 11) is 0. The Morgan fingerprint density at radius 2 is 2.04 bits per heavy atom. The number of aliphatic imine (C=N–C) groups is 1. The molecule has 0 bridgehead atoms. The number of hydrogen-bond donors (Lipinski definition) is 2. The first kappa shape index (κ1) is 21.5. The van der Waals surface area contributed by atoms with Gasteiger partial charge in [0.2, 0.25) is 5.88 Å². The van der Waals surface area contributed by atoms with Gasteiger partial charge in [-0.15, -0.1) is 0 Å². The number of aromatic nitrogens is 1. The lowest BCUT2D eigenvalue weighted by Gasteiger charge is -2.33. The first-order valence-corrected chi connectivity index (χ1v) is 10.6. The van der Waals surface area contributed by atoms with Crippen molar-refractivity contribution in [2.75, 3.05) is 32.8 Å². The van der Waals surface area contributed by atoms with Gasteiger partial charge >= 0.3 is 0 Å². The lowest BCUT2D eigenvalue weighted by atomic mass is 10.0. The highest BCUT2D eigenvalue weighted by atomic mass is 16.5. The molecule has 152 valence electrons. The summed E-state index contributed by atoms with van der Waals surface area (Å²) in [5, 5.41) is 6.98. The van der Waals surface area contributed by atoms with Gasteiger partial charge in [-0.2, -0.15) is 0 Å². The predicted octanol–water partition coefficient (Wildman–Crippen LogP) is 3.19. The summed E-state index contributed by atoms with van der Waals surface area (Å²) in [5.41, 5.74) is 1.09. The number of hydrogen-bond acceptors (Lipinski definition) is 4. The minimum atomic E-state index is 0.503. The Morgan fingerprint density at radius 3 is 2.67 bits per heavy atom. The van der Waals surface area contributed by atoms with E-state index in [2.05, 4.69) is 41.3 Å². The predicted molar refractivity (Wildman–Crippen MR) is 112 cm³/mol. The molecule has 1 aliphatic rings. The van der Waals surface area contributed by atoms with Gasteiger partial charge in [0.1, 0.15) is 0 Å². The molecule has 1 saturated heterocycles. The van der Waals surface area contributed by atoms with Gasteiger partial charge in [0.05, 0.1) is 13.2 Å². The van der Waals surface area contributed by atoms with Crippen LogP contribution < -0.4 is 15.4 Å². The third-order valence-corrected chi connectivity index (χ3v) is 4.77. The zero-order valence-corrected chi connectivity index (χ0v) is 17.3. The van der Waals surface area contributed by atoms with Crippen LogP contribution in [0.2, 0.25) is 0 Å². The maximum absolute atomic E-state index is 5.53.